The number of amides is 2. The third kappa shape index (κ3) is 3.54. The molecule has 0 bridgehead atoms. The number of thiazole rings is 1. The molecule has 166 valence electrons. The minimum Gasteiger partial charge on any atom is -0.494 e. The van der Waals surface area contributed by atoms with E-state index in [0.717, 1.165) is 29.1 Å². The first-order valence-corrected chi connectivity index (χ1v) is 11.2. The highest BCUT2D eigenvalue weighted by Crippen LogP contribution is 2.35. The van der Waals surface area contributed by atoms with E-state index in [-0.39, 0.29) is 16.7 Å². The average molecular weight is 462 g/mol. The van der Waals surface area contributed by atoms with Crippen LogP contribution in [0.15, 0.2) is 53.3 Å². The molecule has 2 aromatic carbocycles. The number of benzene rings is 2. The number of carbonyl (C=O) groups is 2. The fraction of sp³-hybridized carbons (Fsp3) is 0.174. The van der Waals surface area contributed by atoms with E-state index in [1.807, 2.05) is 31.2 Å². The smallest absolute Gasteiger partial charge is 0.291 e. The van der Waals surface area contributed by atoms with Crippen molar-refractivity contribution in [3.05, 3.63) is 69.0 Å². The molecule has 5 rings (SSSR count). The molecule has 2 amide bonds. The summed E-state index contributed by atoms with van der Waals surface area (Å²) in [6, 6.07) is 14.3. The Balaban J connectivity index is 1.59. The molecule has 0 saturated carbocycles. The van der Waals surface area contributed by atoms with Gasteiger partial charge in [0.05, 0.1) is 17.9 Å². The summed E-state index contributed by atoms with van der Waals surface area (Å²) >= 11 is 1.09. The van der Waals surface area contributed by atoms with Gasteiger partial charge in [-0.1, -0.05) is 36.5 Å². The molecule has 0 radical (unpaired) electrons. The number of para-hydroxylation sites is 1. The molecule has 10 heteroatoms. The number of aromatic nitrogens is 3. The van der Waals surface area contributed by atoms with Gasteiger partial charge in [0.25, 0.3) is 11.5 Å². The summed E-state index contributed by atoms with van der Waals surface area (Å²) in [6.07, 6.45) is 0.918. The van der Waals surface area contributed by atoms with E-state index >= 15 is 0 Å². The zero-order valence-electron chi connectivity index (χ0n) is 17.6. The van der Waals surface area contributed by atoms with Gasteiger partial charge in [0.15, 0.2) is 5.82 Å². The first kappa shape index (κ1) is 20.8. The van der Waals surface area contributed by atoms with Crippen molar-refractivity contribution in [3.8, 4) is 17.1 Å². The monoisotopic (exact) mass is 461 g/mol. The van der Waals surface area contributed by atoms with Crippen molar-refractivity contribution in [3.63, 3.8) is 0 Å². The molecule has 9 nitrogen and oxygen atoms in total. The van der Waals surface area contributed by atoms with Gasteiger partial charge in [-0.3, -0.25) is 19.3 Å². The van der Waals surface area contributed by atoms with E-state index in [0.29, 0.717) is 28.6 Å². The van der Waals surface area contributed by atoms with Crippen LogP contribution in [0.4, 0.5) is 5.69 Å². The lowest BCUT2D eigenvalue weighted by Gasteiger charge is -2.14. The summed E-state index contributed by atoms with van der Waals surface area (Å²) < 4.78 is 7.02. The normalized spacial score (nSPS) is 14.7. The number of nitrogens with two attached hydrogens (primary N) is 1. The van der Waals surface area contributed by atoms with Crippen molar-refractivity contribution in [2.75, 3.05) is 18.1 Å². The maximum absolute atomic E-state index is 13.2. The van der Waals surface area contributed by atoms with Gasteiger partial charge in [-0.05, 0) is 36.8 Å². The highest BCUT2D eigenvalue weighted by Gasteiger charge is 2.35. The van der Waals surface area contributed by atoms with E-state index in [1.165, 1.54) is 9.42 Å². The molecule has 0 unspecified atom stereocenters. The lowest BCUT2D eigenvalue weighted by Crippen LogP contribution is -2.37. The van der Waals surface area contributed by atoms with Crippen LogP contribution in [0.1, 0.15) is 18.9 Å². The molecule has 0 aliphatic carbocycles. The van der Waals surface area contributed by atoms with Crippen molar-refractivity contribution >= 4 is 39.4 Å². The van der Waals surface area contributed by atoms with Gasteiger partial charge in [-0.2, -0.15) is 9.50 Å². The predicted octanol–water partition coefficient (Wildman–Crippen LogP) is 1.36. The molecule has 1 aliphatic rings. The Morgan fingerprint density at radius 2 is 1.88 bits per heavy atom. The number of primary amides is 1. The van der Waals surface area contributed by atoms with Crippen LogP contribution >= 0.6 is 11.3 Å². The Kier molecular flexibility index (Phi) is 5.14. The number of ether oxygens (including phenoxy) is 1. The summed E-state index contributed by atoms with van der Waals surface area (Å²) in [4.78, 5) is 44.0. The van der Waals surface area contributed by atoms with E-state index in [4.69, 9.17) is 10.5 Å². The summed E-state index contributed by atoms with van der Waals surface area (Å²) in [5, 5.41) is 4.37. The van der Waals surface area contributed by atoms with Gasteiger partial charge in [0.1, 0.15) is 16.8 Å². The van der Waals surface area contributed by atoms with E-state index in [2.05, 4.69) is 10.1 Å². The number of carbonyl (C=O) groups excluding carboxylic acids is 2. The Morgan fingerprint density at radius 1 is 1.12 bits per heavy atom. The van der Waals surface area contributed by atoms with E-state index < -0.39 is 17.4 Å². The summed E-state index contributed by atoms with van der Waals surface area (Å²) in [5.74, 6) is 0.0776. The molecule has 4 aromatic rings. The first-order chi connectivity index (χ1) is 16.0. The number of fused-ring (bicyclic) bond motifs is 2. The average Bonchev–Trinajstić information content (AvgIpc) is 3.44. The molecule has 2 N–H and O–H groups in total. The van der Waals surface area contributed by atoms with Crippen molar-refractivity contribution in [1.82, 2.24) is 14.6 Å². The number of hydrogen-bond donors (Lipinski definition) is 1. The largest absolute Gasteiger partial charge is 0.494 e. The highest BCUT2D eigenvalue weighted by atomic mass is 32.1. The van der Waals surface area contributed by atoms with Crippen LogP contribution in [0.2, 0.25) is 0 Å². The zero-order valence-corrected chi connectivity index (χ0v) is 18.5. The lowest BCUT2D eigenvalue weighted by atomic mass is 10.1. The maximum Gasteiger partial charge on any atom is 0.291 e. The van der Waals surface area contributed by atoms with E-state index in [9.17, 15) is 14.4 Å². The van der Waals surface area contributed by atoms with Crippen LogP contribution in [-0.2, 0) is 9.59 Å². The molecular formula is C23H19N5O4S. The predicted molar refractivity (Wildman–Crippen MR) is 124 cm³/mol. The lowest BCUT2D eigenvalue weighted by molar-refractivity contribution is -0.119. The van der Waals surface area contributed by atoms with E-state index in [1.54, 1.807) is 24.3 Å². The second-order valence-corrected chi connectivity index (χ2v) is 8.47. The van der Waals surface area contributed by atoms with Crippen molar-refractivity contribution < 1.29 is 14.3 Å². The van der Waals surface area contributed by atoms with Gasteiger partial charge in [-0.25, -0.2) is 0 Å². The van der Waals surface area contributed by atoms with Gasteiger partial charge >= 0.3 is 0 Å². The molecule has 1 aliphatic heterocycles. The fourth-order valence-electron chi connectivity index (χ4n) is 3.74. The third-order valence-electron chi connectivity index (χ3n) is 5.21. The van der Waals surface area contributed by atoms with Crippen LogP contribution in [-0.4, -0.2) is 39.6 Å². The van der Waals surface area contributed by atoms with Gasteiger partial charge < -0.3 is 10.5 Å². The second kappa shape index (κ2) is 8.14. The molecule has 0 atom stereocenters. The second-order valence-electron chi connectivity index (χ2n) is 7.49. The molecular weight excluding hydrogens is 442 g/mol. The maximum atomic E-state index is 13.2. The molecule has 0 fully saturated rings. The summed E-state index contributed by atoms with van der Waals surface area (Å²) in [5.41, 5.74) is 6.99. The summed E-state index contributed by atoms with van der Waals surface area (Å²) in [6.45, 7) is 2.41. The minimum atomic E-state index is -0.639. The number of anilines is 1. The Bertz CT molecular complexity index is 1510. The van der Waals surface area contributed by atoms with Gasteiger partial charge in [0, 0.05) is 11.1 Å². The zero-order chi connectivity index (χ0) is 23.1. The first-order valence-electron chi connectivity index (χ1n) is 10.3. The minimum absolute atomic E-state index is 0.226. The molecule has 2 aromatic heterocycles. The van der Waals surface area contributed by atoms with Crippen LogP contribution in [0.5, 0.6) is 5.75 Å². The quantitative estimate of drug-likeness (QED) is 0.463. The molecule has 3 heterocycles. The van der Waals surface area contributed by atoms with Gasteiger partial charge in [0.2, 0.25) is 10.9 Å². The van der Waals surface area contributed by atoms with Crippen LogP contribution < -0.4 is 25.5 Å². The topological polar surface area (TPSA) is 120 Å². The standard InChI is InChI=1S/C23H19N5O4S/c1-2-11-32-14-9-7-13(8-10-14)20-25-23-28(26-20)22(31)19(33-23)18-15-5-3-4-6-16(15)27(21(18)30)12-17(24)29/h3-10H,2,11-12H2,1H3,(H2,24,29). The van der Waals surface area contributed by atoms with Crippen LogP contribution in [0, 0.1) is 0 Å². The third-order valence-corrected chi connectivity index (χ3v) is 6.24. The number of hydrogen-bond acceptors (Lipinski definition) is 7. The Morgan fingerprint density at radius 3 is 2.58 bits per heavy atom. The molecule has 0 saturated heterocycles. The number of nitrogens with zero attached hydrogens (tertiary/aromatic N) is 4. The van der Waals surface area contributed by atoms with Crippen molar-refractivity contribution in [2.24, 2.45) is 5.73 Å². The SMILES string of the molecule is CCCOc1ccc(-c2nc3sc(=C4C(=O)N(CC(N)=O)c5ccccc54)c(=O)n3n2)cc1. The Hall–Kier alpha value is -4.05. The number of rotatable bonds is 6. The van der Waals surface area contributed by atoms with Crippen LogP contribution in [0.25, 0.3) is 21.9 Å². The Labute approximate surface area is 191 Å². The fourth-order valence-corrected chi connectivity index (χ4v) is 4.74. The summed E-state index contributed by atoms with van der Waals surface area (Å²) in [7, 11) is 0. The molecule has 33 heavy (non-hydrogen) atoms. The van der Waals surface area contributed by atoms with Crippen LogP contribution in [0.3, 0.4) is 0 Å². The van der Waals surface area contributed by atoms with Crippen molar-refractivity contribution in [1.29, 1.82) is 0 Å². The molecule has 0 spiro atoms. The van der Waals surface area contributed by atoms with Gasteiger partial charge in [-0.15, -0.1) is 5.10 Å². The highest BCUT2D eigenvalue weighted by molar-refractivity contribution is 7.15. The van der Waals surface area contributed by atoms with Crippen molar-refractivity contribution in [2.45, 2.75) is 13.3 Å².